The topological polar surface area (TPSA) is 182 Å². The Morgan fingerprint density at radius 3 is 2.29 bits per heavy atom. The number of phenols is 1. The Kier molecular flexibility index (Phi) is 7.69. The van der Waals surface area contributed by atoms with Crippen molar-refractivity contribution in [2.24, 2.45) is 23.5 Å². The van der Waals surface area contributed by atoms with Gasteiger partial charge < -0.3 is 31.3 Å². The number of phenolic OH excluding ortho intramolecular Hbond substituents is 1. The minimum absolute atomic E-state index is 0.0235. The molecule has 3 aliphatic rings. The van der Waals surface area contributed by atoms with Crippen LogP contribution in [0.1, 0.15) is 76.5 Å². The van der Waals surface area contributed by atoms with Crippen LogP contribution in [0, 0.1) is 17.8 Å². The van der Waals surface area contributed by atoms with Crippen molar-refractivity contribution in [2.75, 3.05) is 14.1 Å². The van der Waals surface area contributed by atoms with E-state index in [4.69, 9.17) is 5.73 Å². The number of hydrogen-bond donors (Lipinski definition) is 6. The van der Waals surface area contributed by atoms with Crippen molar-refractivity contribution < 1.29 is 39.9 Å². The number of nitrogens with two attached hydrogens (primary N) is 1. The lowest BCUT2D eigenvalue weighted by Crippen LogP contribution is -2.70. The summed E-state index contributed by atoms with van der Waals surface area (Å²) in [5, 5.41) is 57.7. The molecule has 10 heteroatoms. The van der Waals surface area contributed by atoms with Crippen LogP contribution >= 0.6 is 0 Å². The molecule has 1 saturated carbocycles. The number of benzene rings is 1. The summed E-state index contributed by atoms with van der Waals surface area (Å²) in [6, 6.07) is 2.19. The lowest BCUT2D eigenvalue weighted by atomic mass is 9.54. The average Bonchev–Trinajstić information content (AvgIpc) is 2.85. The fraction of sp³-hybridized carbons (Fsp3) is 0.581. The Hall–Kier alpha value is -3.21. The minimum Gasteiger partial charge on any atom is -0.508 e. The number of carbonyl (C=O) groups is 3. The molecule has 224 valence electrons. The first-order valence-corrected chi connectivity index (χ1v) is 14.1. The van der Waals surface area contributed by atoms with E-state index in [1.807, 2.05) is 13.8 Å². The molecule has 0 radical (unpaired) electrons. The zero-order valence-electron chi connectivity index (χ0n) is 24.7. The number of Topliss-reactive ketones (excluding diaryl/α,β-unsaturated/α-hetero) is 2. The number of primary amides is 1. The number of likely N-dealkylation sites (N-methyl/N-ethyl adjacent to an activating group) is 1. The Morgan fingerprint density at radius 1 is 1.15 bits per heavy atom. The molecule has 0 aliphatic heterocycles. The van der Waals surface area contributed by atoms with Crippen molar-refractivity contribution in [1.29, 1.82) is 0 Å². The summed E-state index contributed by atoms with van der Waals surface area (Å²) >= 11 is 0. The third-order valence-electron chi connectivity index (χ3n) is 9.44. The van der Waals surface area contributed by atoms with E-state index in [0.29, 0.717) is 17.0 Å². The number of ketones is 2. The molecule has 1 aromatic rings. The van der Waals surface area contributed by atoms with Gasteiger partial charge in [0.25, 0.3) is 5.91 Å². The van der Waals surface area contributed by atoms with Crippen molar-refractivity contribution in [2.45, 2.75) is 83.0 Å². The molecule has 0 spiro atoms. The van der Waals surface area contributed by atoms with E-state index in [2.05, 4.69) is 13.8 Å². The highest BCUT2D eigenvalue weighted by molar-refractivity contribution is 6.24. The van der Waals surface area contributed by atoms with E-state index in [-0.39, 0.29) is 16.9 Å². The maximum Gasteiger partial charge on any atom is 0.255 e. The maximum absolute atomic E-state index is 14.1. The van der Waals surface area contributed by atoms with Crippen LogP contribution in [0.15, 0.2) is 29.0 Å². The van der Waals surface area contributed by atoms with Gasteiger partial charge in [0.15, 0.2) is 11.4 Å². The minimum atomic E-state index is -2.92. The van der Waals surface area contributed by atoms with Gasteiger partial charge in [-0.15, -0.1) is 0 Å². The van der Waals surface area contributed by atoms with Crippen LogP contribution in [0.5, 0.6) is 5.75 Å². The number of aliphatic hydroxyl groups excluding tert-OH is 3. The molecule has 3 aliphatic carbocycles. The van der Waals surface area contributed by atoms with E-state index in [1.165, 1.54) is 19.0 Å². The number of rotatable bonds is 7. The van der Waals surface area contributed by atoms with Gasteiger partial charge >= 0.3 is 0 Å². The lowest BCUT2D eigenvalue weighted by molar-refractivity contribution is -0.169. The van der Waals surface area contributed by atoms with Gasteiger partial charge in [-0.2, -0.15) is 0 Å². The van der Waals surface area contributed by atoms with Crippen molar-refractivity contribution in [3.05, 3.63) is 45.7 Å². The number of amides is 1. The van der Waals surface area contributed by atoms with E-state index >= 15 is 0 Å². The molecule has 0 heterocycles. The summed E-state index contributed by atoms with van der Waals surface area (Å²) < 4.78 is 0. The summed E-state index contributed by atoms with van der Waals surface area (Å²) in [5.41, 5.74) is 1.75. The fourth-order valence-electron chi connectivity index (χ4n) is 7.25. The molecule has 0 saturated heterocycles. The molecule has 6 atom stereocenters. The molecule has 1 fully saturated rings. The van der Waals surface area contributed by atoms with Crippen LogP contribution in [-0.4, -0.2) is 79.7 Å². The zero-order valence-corrected chi connectivity index (χ0v) is 24.7. The predicted octanol–water partition coefficient (Wildman–Crippen LogP) is 2.60. The number of carbonyl (C=O) groups excluding carboxylic acids is 3. The van der Waals surface area contributed by atoms with Gasteiger partial charge in [0.1, 0.15) is 22.8 Å². The molecule has 4 rings (SSSR count). The number of aromatic hydroxyl groups is 1. The Labute approximate surface area is 240 Å². The normalized spacial score (nSPS) is 30.1. The van der Waals surface area contributed by atoms with Crippen molar-refractivity contribution in [3.63, 3.8) is 0 Å². The van der Waals surface area contributed by atoms with Crippen LogP contribution in [0.25, 0.3) is 5.76 Å². The fourth-order valence-corrected chi connectivity index (χ4v) is 7.25. The second-order valence-electron chi connectivity index (χ2n) is 13.1. The number of fused-ring (bicyclic) bond motifs is 3. The summed E-state index contributed by atoms with van der Waals surface area (Å²) in [6.07, 6.45) is 1.09. The number of nitrogens with zero attached hydrogens (tertiary/aromatic N) is 1. The van der Waals surface area contributed by atoms with Gasteiger partial charge in [-0.05, 0) is 43.3 Å². The van der Waals surface area contributed by atoms with Crippen LogP contribution in [0.3, 0.4) is 0 Å². The first-order valence-electron chi connectivity index (χ1n) is 14.1. The molecule has 0 bridgehead atoms. The third-order valence-corrected chi connectivity index (χ3v) is 9.44. The van der Waals surface area contributed by atoms with Gasteiger partial charge in [-0.25, -0.2) is 0 Å². The Morgan fingerprint density at radius 2 is 1.76 bits per heavy atom. The Balaban J connectivity index is 1.94. The molecule has 10 nitrogen and oxygen atoms in total. The molecule has 1 amide bonds. The van der Waals surface area contributed by atoms with Crippen LogP contribution < -0.4 is 5.73 Å². The molecule has 41 heavy (non-hydrogen) atoms. The van der Waals surface area contributed by atoms with Gasteiger partial charge in [0.2, 0.25) is 5.78 Å². The smallest absolute Gasteiger partial charge is 0.255 e. The van der Waals surface area contributed by atoms with Crippen molar-refractivity contribution >= 4 is 23.2 Å². The highest BCUT2D eigenvalue weighted by Gasteiger charge is 2.68. The highest BCUT2D eigenvalue weighted by atomic mass is 16.4. The SMILES string of the molecule is CC(C)CCCC(C)(C)c1ccc2c(c1O)C(O)=C1C(=O)[C@@]3(O)C(O)=C(C(N)=O)C(=O)[C@H](N(C)C)[C@H]3[C@H](O)[C@H]1[C@@H]2C. The largest absolute Gasteiger partial charge is 0.508 e. The molecule has 1 aromatic carbocycles. The summed E-state index contributed by atoms with van der Waals surface area (Å²) in [5.74, 6) is -8.26. The van der Waals surface area contributed by atoms with Gasteiger partial charge in [0, 0.05) is 17.1 Å². The Bertz CT molecular complexity index is 1370. The third kappa shape index (κ3) is 4.38. The monoisotopic (exact) mass is 570 g/mol. The van der Waals surface area contributed by atoms with Crippen molar-refractivity contribution in [3.8, 4) is 5.75 Å². The lowest BCUT2D eigenvalue weighted by Gasteiger charge is -2.53. The molecule has 0 aromatic heterocycles. The highest BCUT2D eigenvalue weighted by Crippen LogP contribution is 2.57. The standard InChI is InChI=1S/C31H42N2O8/c1-13(2)9-8-12-30(4,5)16-11-10-15-14(3)17-19(24(35)18(15)23(16)34)27(38)31(41)21(25(17)36)22(33(6)7)26(37)20(28(31)39)29(32)40/h10-11,13-14,17,21-22,25,34-36,39,41H,8-9,12H2,1-7H3,(H2,32,40)/t14-,17+,21+,22-,25-,31-/m1/s1. The van der Waals surface area contributed by atoms with Crippen molar-refractivity contribution in [1.82, 2.24) is 4.90 Å². The van der Waals surface area contributed by atoms with E-state index in [9.17, 15) is 39.9 Å². The summed E-state index contributed by atoms with van der Waals surface area (Å²) in [6.45, 7) is 9.99. The second kappa shape index (κ2) is 10.3. The zero-order chi connectivity index (χ0) is 30.9. The first-order chi connectivity index (χ1) is 18.9. The first kappa shape index (κ1) is 30.7. The molecular weight excluding hydrogens is 528 g/mol. The summed E-state index contributed by atoms with van der Waals surface area (Å²) in [7, 11) is 2.96. The molecular formula is C31H42N2O8. The summed E-state index contributed by atoms with van der Waals surface area (Å²) in [4.78, 5) is 40.9. The average molecular weight is 571 g/mol. The van der Waals surface area contributed by atoms with Gasteiger partial charge in [-0.3, -0.25) is 19.3 Å². The van der Waals surface area contributed by atoms with Crippen LogP contribution in [0.4, 0.5) is 0 Å². The number of aliphatic hydroxyl groups is 4. The van der Waals surface area contributed by atoms with E-state index < -0.39 is 75.5 Å². The van der Waals surface area contributed by atoms with Crippen LogP contribution in [0.2, 0.25) is 0 Å². The van der Waals surface area contributed by atoms with Gasteiger partial charge in [0.05, 0.1) is 23.6 Å². The van der Waals surface area contributed by atoms with E-state index in [0.717, 1.165) is 19.3 Å². The van der Waals surface area contributed by atoms with Crippen LogP contribution in [-0.2, 0) is 19.8 Å². The van der Waals surface area contributed by atoms with E-state index in [1.54, 1.807) is 19.1 Å². The quantitative estimate of drug-likeness (QED) is 0.268. The molecule has 0 unspecified atom stereocenters. The van der Waals surface area contributed by atoms with Gasteiger partial charge in [-0.1, -0.05) is 59.6 Å². The second-order valence-corrected chi connectivity index (χ2v) is 13.1. The number of hydrogen-bond acceptors (Lipinski definition) is 9. The maximum atomic E-state index is 14.1. The molecule has 7 N–H and O–H groups in total. The predicted molar refractivity (Wildman–Crippen MR) is 152 cm³/mol.